The van der Waals surface area contributed by atoms with Gasteiger partial charge in [-0.2, -0.15) is 0 Å². The highest BCUT2D eigenvalue weighted by molar-refractivity contribution is 7.95. The van der Waals surface area contributed by atoms with Gasteiger partial charge in [-0.05, 0) is 12.1 Å². The van der Waals surface area contributed by atoms with Crippen LogP contribution in [0.2, 0.25) is 0 Å². The van der Waals surface area contributed by atoms with Crippen LogP contribution in [0, 0.1) is 0 Å². The third-order valence-corrected chi connectivity index (χ3v) is 3.05. The third kappa shape index (κ3) is 1.95. The molecule has 0 amide bonds. The van der Waals surface area contributed by atoms with E-state index in [2.05, 4.69) is 18.0 Å². The van der Waals surface area contributed by atoms with Gasteiger partial charge in [-0.15, -0.1) is 0 Å². The minimum Gasteiger partial charge on any atom is -0.396 e. The maximum Gasteiger partial charge on any atom is 0.286 e. The van der Waals surface area contributed by atoms with Crippen molar-refractivity contribution < 1.29 is 4.18 Å². The number of thiazole rings is 1. The smallest absolute Gasteiger partial charge is 0.286 e. The molecule has 0 bridgehead atoms. The summed E-state index contributed by atoms with van der Waals surface area (Å²) in [6.07, 6.45) is 0. The summed E-state index contributed by atoms with van der Waals surface area (Å²) in [6, 6.07) is 8.04. The van der Waals surface area contributed by atoms with Crippen molar-refractivity contribution in [2.45, 2.75) is 6.92 Å². The van der Waals surface area contributed by atoms with Gasteiger partial charge in [-0.25, -0.2) is 4.98 Å². The summed E-state index contributed by atoms with van der Waals surface area (Å²) in [4.78, 5) is 4.33. The molecule has 13 heavy (non-hydrogen) atoms. The molecule has 0 fully saturated rings. The van der Waals surface area contributed by atoms with Crippen molar-refractivity contribution in [3.63, 3.8) is 0 Å². The highest BCUT2D eigenvalue weighted by Crippen LogP contribution is 2.29. The molecule has 2 aromatic rings. The van der Waals surface area contributed by atoms with Crippen LogP contribution in [-0.2, 0) is 0 Å². The Labute approximate surface area is 85.1 Å². The normalized spacial score (nSPS) is 10.5. The van der Waals surface area contributed by atoms with Gasteiger partial charge in [0.25, 0.3) is 5.19 Å². The van der Waals surface area contributed by atoms with Crippen LogP contribution in [0.4, 0.5) is 0 Å². The van der Waals surface area contributed by atoms with Gasteiger partial charge in [-0.1, -0.05) is 30.4 Å². The van der Waals surface area contributed by atoms with E-state index in [4.69, 9.17) is 4.18 Å². The Morgan fingerprint density at radius 1 is 1.46 bits per heavy atom. The Balaban J connectivity index is 2.28. The Hall–Kier alpha value is -0.740. The number of para-hydroxylation sites is 1. The standard InChI is InChI=1S/C9H9NOS2/c1-2-12-11-9-10-7-5-3-4-6-8(7)13-9/h3-6H,2H2,1H3. The van der Waals surface area contributed by atoms with Crippen molar-refractivity contribution in [2.24, 2.45) is 0 Å². The summed E-state index contributed by atoms with van der Waals surface area (Å²) < 4.78 is 6.54. The minimum absolute atomic E-state index is 0.744. The molecule has 0 aliphatic carbocycles. The van der Waals surface area contributed by atoms with E-state index in [0.717, 1.165) is 16.5 Å². The van der Waals surface area contributed by atoms with Crippen LogP contribution < -0.4 is 4.18 Å². The van der Waals surface area contributed by atoms with Gasteiger partial charge in [-0.3, -0.25) is 0 Å². The second-order valence-electron chi connectivity index (χ2n) is 2.44. The van der Waals surface area contributed by atoms with E-state index in [1.807, 2.05) is 18.2 Å². The van der Waals surface area contributed by atoms with E-state index in [-0.39, 0.29) is 0 Å². The molecule has 0 unspecified atom stereocenters. The molecule has 2 nitrogen and oxygen atoms in total. The fraction of sp³-hybridized carbons (Fsp3) is 0.222. The monoisotopic (exact) mass is 211 g/mol. The topological polar surface area (TPSA) is 22.1 Å². The van der Waals surface area contributed by atoms with Gasteiger partial charge in [0.1, 0.15) is 0 Å². The highest BCUT2D eigenvalue weighted by Gasteiger charge is 2.02. The van der Waals surface area contributed by atoms with Crippen molar-refractivity contribution >= 4 is 33.6 Å². The van der Waals surface area contributed by atoms with E-state index in [1.54, 1.807) is 11.3 Å². The lowest BCUT2D eigenvalue weighted by Crippen LogP contribution is -1.79. The van der Waals surface area contributed by atoms with Gasteiger partial charge in [0.2, 0.25) is 0 Å². The van der Waals surface area contributed by atoms with Crippen LogP contribution in [0.1, 0.15) is 6.92 Å². The zero-order valence-corrected chi connectivity index (χ0v) is 8.82. The van der Waals surface area contributed by atoms with Crippen molar-refractivity contribution in [1.82, 2.24) is 4.98 Å². The van der Waals surface area contributed by atoms with Crippen LogP contribution in [0.25, 0.3) is 10.2 Å². The molecule has 0 N–H and O–H groups in total. The molecular formula is C9H9NOS2. The molecule has 1 aromatic heterocycles. The predicted octanol–water partition coefficient (Wildman–Crippen LogP) is 3.34. The average molecular weight is 211 g/mol. The van der Waals surface area contributed by atoms with Crippen LogP contribution in [-0.4, -0.2) is 10.7 Å². The molecule has 2 rings (SSSR count). The molecule has 4 heteroatoms. The van der Waals surface area contributed by atoms with Gasteiger partial charge >= 0.3 is 0 Å². The zero-order valence-electron chi connectivity index (χ0n) is 7.19. The van der Waals surface area contributed by atoms with Gasteiger partial charge < -0.3 is 4.18 Å². The maximum atomic E-state index is 5.36. The van der Waals surface area contributed by atoms with Crippen LogP contribution >= 0.6 is 23.4 Å². The minimum atomic E-state index is 0.744. The molecule has 68 valence electrons. The summed E-state index contributed by atoms with van der Waals surface area (Å²) >= 11 is 3.01. The summed E-state index contributed by atoms with van der Waals surface area (Å²) in [7, 11) is 0. The number of aromatic nitrogens is 1. The Morgan fingerprint density at radius 2 is 2.31 bits per heavy atom. The molecule has 1 heterocycles. The van der Waals surface area contributed by atoms with Gasteiger partial charge in [0.15, 0.2) is 0 Å². The van der Waals surface area contributed by atoms with E-state index < -0.39 is 0 Å². The van der Waals surface area contributed by atoms with E-state index in [9.17, 15) is 0 Å². The number of nitrogens with zero attached hydrogens (tertiary/aromatic N) is 1. The molecule has 0 aliphatic heterocycles. The number of fused-ring (bicyclic) bond motifs is 1. The fourth-order valence-corrected chi connectivity index (χ4v) is 2.23. The SMILES string of the molecule is CCSOc1nc2ccccc2s1. The van der Waals surface area contributed by atoms with E-state index in [0.29, 0.717) is 0 Å². The van der Waals surface area contributed by atoms with Crippen LogP contribution in [0.3, 0.4) is 0 Å². The first-order chi connectivity index (χ1) is 6.40. The maximum absolute atomic E-state index is 5.36. The quantitative estimate of drug-likeness (QED) is 0.727. The molecule has 0 saturated heterocycles. The average Bonchev–Trinajstić information content (AvgIpc) is 2.57. The van der Waals surface area contributed by atoms with Gasteiger partial charge in [0.05, 0.1) is 22.3 Å². The van der Waals surface area contributed by atoms with E-state index >= 15 is 0 Å². The first kappa shape index (κ1) is 8.84. The fourth-order valence-electron chi connectivity index (χ4n) is 0.996. The Kier molecular flexibility index (Phi) is 2.71. The molecule has 1 aromatic carbocycles. The summed E-state index contributed by atoms with van der Waals surface area (Å²) in [6.45, 7) is 2.05. The summed E-state index contributed by atoms with van der Waals surface area (Å²) in [5, 5.41) is 0.744. The van der Waals surface area contributed by atoms with E-state index in [1.165, 1.54) is 16.7 Å². The lowest BCUT2D eigenvalue weighted by Gasteiger charge is -1.93. The predicted molar refractivity (Wildman–Crippen MR) is 58.4 cm³/mol. The number of rotatable bonds is 3. The second-order valence-corrected chi connectivity index (χ2v) is 4.41. The van der Waals surface area contributed by atoms with Crippen molar-refractivity contribution in [3.05, 3.63) is 24.3 Å². The number of hydrogen-bond acceptors (Lipinski definition) is 4. The largest absolute Gasteiger partial charge is 0.396 e. The summed E-state index contributed by atoms with van der Waals surface area (Å²) in [5.74, 6) is 0.940. The lowest BCUT2D eigenvalue weighted by molar-refractivity contribution is 0.642. The number of benzene rings is 1. The molecule has 0 atom stereocenters. The number of hydrogen-bond donors (Lipinski definition) is 0. The van der Waals surface area contributed by atoms with Gasteiger partial charge in [0, 0.05) is 5.75 Å². The molecular weight excluding hydrogens is 202 g/mol. The molecule has 0 radical (unpaired) electrons. The molecule has 0 saturated carbocycles. The van der Waals surface area contributed by atoms with Crippen molar-refractivity contribution in [1.29, 1.82) is 0 Å². The first-order valence-corrected chi connectivity index (χ1v) is 5.78. The van der Waals surface area contributed by atoms with Crippen molar-refractivity contribution in [3.8, 4) is 5.19 Å². The lowest BCUT2D eigenvalue weighted by atomic mass is 10.3. The highest BCUT2D eigenvalue weighted by atomic mass is 32.2. The van der Waals surface area contributed by atoms with Crippen LogP contribution in [0.5, 0.6) is 5.19 Å². The zero-order chi connectivity index (χ0) is 9.10. The second kappa shape index (κ2) is 3.98. The first-order valence-electron chi connectivity index (χ1n) is 4.05. The Morgan fingerprint density at radius 3 is 3.08 bits per heavy atom. The molecule has 0 spiro atoms. The van der Waals surface area contributed by atoms with Crippen LogP contribution in [0.15, 0.2) is 24.3 Å². The summed E-state index contributed by atoms with van der Waals surface area (Å²) in [5.41, 5.74) is 1.01. The third-order valence-electron chi connectivity index (χ3n) is 1.52. The Bertz CT molecular complexity index is 366. The molecule has 0 aliphatic rings. The van der Waals surface area contributed by atoms with Crippen molar-refractivity contribution in [2.75, 3.05) is 5.75 Å².